The number of anilines is 1. The first-order valence-corrected chi connectivity index (χ1v) is 6.13. The number of aromatic nitrogens is 1. The Labute approximate surface area is 116 Å². The van der Waals surface area contributed by atoms with E-state index in [2.05, 4.69) is 10.3 Å². The second-order valence-corrected chi connectivity index (χ2v) is 4.36. The number of halogens is 1. The first kappa shape index (κ1) is 13.4. The minimum absolute atomic E-state index is 0.0481. The van der Waals surface area contributed by atoms with Crippen molar-refractivity contribution in [1.82, 2.24) is 4.98 Å². The van der Waals surface area contributed by atoms with Gasteiger partial charge in [0.1, 0.15) is 10.9 Å². The number of rotatable bonds is 4. The van der Waals surface area contributed by atoms with Gasteiger partial charge in [0.05, 0.1) is 11.9 Å². The van der Waals surface area contributed by atoms with Crippen LogP contribution in [0.5, 0.6) is 5.75 Å². The number of aryl methyl sites for hydroxylation is 1. The molecule has 0 saturated carbocycles. The Hall–Kier alpha value is -2.07. The van der Waals surface area contributed by atoms with Crippen LogP contribution in [0.25, 0.3) is 0 Å². The molecule has 1 heterocycles. The van der Waals surface area contributed by atoms with Gasteiger partial charge in [-0.3, -0.25) is 4.79 Å². The largest absolute Gasteiger partial charge is 0.483 e. The Kier molecular flexibility index (Phi) is 4.36. The van der Waals surface area contributed by atoms with Crippen LogP contribution in [-0.2, 0) is 4.79 Å². The van der Waals surface area contributed by atoms with E-state index in [4.69, 9.17) is 16.3 Å². The zero-order valence-electron chi connectivity index (χ0n) is 10.4. The maximum Gasteiger partial charge on any atom is 0.262 e. The Bertz CT molecular complexity index is 570. The lowest BCUT2D eigenvalue weighted by atomic mass is 10.2. The molecule has 1 aromatic carbocycles. The van der Waals surface area contributed by atoms with Crippen molar-refractivity contribution in [2.24, 2.45) is 0 Å². The van der Waals surface area contributed by atoms with Crippen LogP contribution in [0, 0.1) is 6.92 Å². The van der Waals surface area contributed by atoms with E-state index in [1.54, 1.807) is 12.1 Å². The van der Waals surface area contributed by atoms with Gasteiger partial charge in [0, 0.05) is 0 Å². The van der Waals surface area contributed by atoms with E-state index in [1.165, 1.54) is 6.20 Å². The van der Waals surface area contributed by atoms with Gasteiger partial charge in [0.2, 0.25) is 0 Å². The second-order valence-electron chi connectivity index (χ2n) is 3.97. The molecule has 0 atom stereocenters. The molecule has 1 amide bonds. The minimum Gasteiger partial charge on any atom is -0.483 e. The van der Waals surface area contributed by atoms with E-state index in [9.17, 15) is 4.79 Å². The lowest BCUT2D eigenvalue weighted by Crippen LogP contribution is -2.20. The van der Waals surface area contributed by atoms with Crippen LogP contribution in [0.2, 0.25) is 5.15 Å². The molecule has 0 aliphatic heterocycles. The quantitative estimate of drug-likeness (QED) is 0.873. The molecule has 0 aliphatic carbocycles. The SMILES string of the molecule is Cc1ccccc1OCC(=O)Nc1ccc(Cl)nc1. The number of benzene rings is 1. The van der Waals surface area contributed by atoms with Gasteiger partial charge in [-0.25, -0.2) is 4.98 Å². The molecule has 0 unspecified atom stereocenters. The topological polar surface area (TPSA) is 51.2 Å². The fourth-order valence-corrected chi connectivity index (χ4v) is 1.62. The average Bonchev–Trinajstić information content (AvgIpc) is 2.40. The molecular formula is C14H13ClN2O2. The Morgan fingerprint density at radius 3 is 2.79 bits per heavy atom. The summed E-state index contributed by atoms with van der Waals surface area (Å²) in [5, 5.41) is 3.06. The zero-order valence-corrected chi connectivity index (χ0v) is 11.1. The van der Waals surface area contributed by atoms with Crippen LogP contribution in [0.1, 0.15) is 5.56 Å². The summed E-state index contributed by atoms with van der Waals surface area (Å²) in [6, 6.07) is 10.8. The Morgan fingerprint density at radius 1 is 1.32 bits per heavy atom. The molecule has 5 heteroatoms. The standard InChI is InChI=1S/C14H13ClN2O2/c1-10-4-2-3-5-12(10)19-9-14(18)17-11-6-7-13(15)16-8-11/h2-8H,9H2,1H3,(H,17,18). The normalized spacial score (nSPS) is 10.0. The summed E-state index contributed by atoms with van der Waals surface area (Å²) in [5.74, 6) is 0.458. The van der Waals surface area contributed by atoms with Crippen LogP contribution < -0.4 is 10.1 Å². The number of hydrogen-bond donors (Lipinski definition) is 1. The van der Waals surface area contributed by atoms with Gasteiger partial charge in [-0.05, 0) is 30.7 Å². The molecule has 98 valence electrons. The maximum atomic E-state index is 11.7. The van der Waals surface area contributed by atoms with E-state index in [-0.39, 0.29) is 12.5 Å². The number of nitrogens with zero attached hydrogens (tertiary/aromatic N) is 1. The van der Waals surface area contributed by atoms with E-state index >= 15 is 0 Å². The first-order valence-electron chi connectivity index (χ1n) is 5.75. The number of carbonyl (C=O) groups is 1. The summed E-state index contributed by atoms with van der Waals surface area (Å²) in [5.41, 5.74) is 1.58. The van der Waals surface area contributed by atoms with Gasteiger partial charge in [-0.1, -0.05) is 29.8 Å². The fraction of sp³-hybridized carbons (Fsp3) is 0.143. The summed E-state index contributed by atoms with van der Waals surface area (Å²) >= 11 is 5.66. The summed E-state index contributed by atoms with van der Waals surface area (Å²) in [7, 11) is 0. The third kappa shape index (κ3) is 3.96. The van der Waals surface area contributed by atoms with Gasteiger partial charge < -0.3 is 10.1 Å². The third-order valence-electron chi connectivity index (χ3n) is 2.46. The van der Waals surface area contributed by atoms with Gasteiger partial charge in [0.15, 0.2) is 6.61 Å². The van der Waals surface area contributed by atoms with Crippen LogP contribution in [0.3, 0.4) is 0 Å². The number of pyridine rings is 1. The highest BCUT2D eigenvalue weighted by atomic mass is 35.5. The van der Waals surface area contributed by atoms with Gasteiger partial charge >= 0.3 is 0 Å². The van der Waals surface area contributed by atoms with Crippen molar-refractivity contribution >= 4 is 23.2 Å². The summed E-state index contributed by atoms with van der Waals surface area (Å²) in [6.45, 7) is 1.88. The highest BCUT2D eigenvalue weighted by Crippen LogP contribution is 2.16. The zero-order chi connectivity index (χ0) is 13.7. The van der Waals surface area contributed by atoms with Crippen molar-refractivity contribution in [3.8, 4) is 5.75 Å². The third-order valence-corrected chi connectivity index (χ3v) is 2.69. The van der Waals surface area contributed by atoms with Crippen LogP contribution in [0.4, 0.5) is 5.69 Å². The predicted octanol–water partition coefficient (Wildman–Crippen LogP) is 3.06. The number of carbonyl (C=O) groups excluding carboxylic acids is 1. The molecule has 1 N–H and O–H groups in total. The van der Waals surface area contributed by atoms with Crippen LogP contribution in [0.15, 0.2) is 42.6 Å². The molecule has 0 aliphatic rings. The molecule has 2 rings (SSSR count). The lowest BCUT2D eigenvalue weighted by Gasteiger charge is -2.09. The average molecular weight is 277 g/mol. The van der Waals surface area contributed by atoms with Gasteiger partial charge in [-0.15, -0.1) is 0 Å². The summed E-state index contributed by atoms with van der Waals surface area (Å²) in [6.07, 6.45) is 1.49. The van der Waals surface area contributed by atoms with Gasteiger partial charge in [0.25, 0.3) is 5.91 Å². The Balaban J connectivity index is 1.88. The molecule has 0 fully saturated rings. The van der Waals surface area contributed by atoms with E-state index in [1.807, 2.05) is 31.2 Å². The molecule has 2 aromatic rings. The fourth-order valence-electron chi connectivity index (χ4n) is 1.51. The number of para-hydroxylation sites is 1. The highest BCUT2D eigenvalue weighted by Gasteiger charge is 2.05. The van der Waals surface area contributed by atoms with E-state index in [0.29, 0.717) is 16.6 Å². The van der Waals surface area contributed by atoms with Crippen LogP contribution >= 0.6 is 11.6 Å². The molecule has 1 aromatic heterocycles. The van der Waals surface area contributed by atoms with Crippen LogP contribution in [-0.4, -0.2) is 17.5 Å². The van der Waals surface area contributed by atoms with Crippen molar-refractivity contribution in [3.05, 3.63) is 53.3 Å². The van der Waals surface area contributed by atoms with E-state index in [0.717, 1.165) is 5.56 Å². The van der Waals surface area contributed by atoms with Crippen molar-refractivity contribution in [2.75, 3.05) is 11.9 Å². The van der Waals surface area contributed by atoms with Crippen molar-refractivity contribution in [2.45, 2.75) is 6.92 Å². The lowest BCUT2D eigenvalue weighted by molar-refractivity contribution is -0.118. The molecular weight excluding hydrogens is 264 g/mol. The van der Waals surface area contributed by atoms with Gasteiger partial charge in [-0.2, -0.15) is 0 Å². The van der Waals surface area contributed by atoms with Crippen molar-refractivity contribution in [3.63, 3.8) is 0 Å². The molecule has 0 spiro atoms. The monoisotopic (exact) mass is 276 g/mol. The predicted molar refractivity (Wildman–Crippen MR) is 74.6 cm³/mol. The van der Waals surface area contributed by atoms with E-state index < -0.39 is 0 Å². The van der Waals surface area contributed by atoms with Crippen molar-refractivity contribution < 1.29 is 9.53 Å². The molecule has 0 radical (unpaired) electrons. The summed E-state index contributed by atoms with van der Waals surface area (Å²) in [4.78, 5) is 15.6. The smallest absolute Gasteiger partial charge is 0.262 e. The summed E-state index contributed by atoms with van der Waals surface area (Å²) < 4.78 is 5.44. The second kappa shape index (κ2) is 6.20. The number of amides is 1. The number of nitrogens with one attached hydrogen (secondary N) is 1. The molecule has 0 bridgehead atoms. The molecule has 0 saturated heterocycles. The minimum atomic E-state index is -0.243. The number of ether oxygens (including phenoxy) is 1. The first-order chi connectivity index (χ1) is 9.15. The molecule has 19 heavy (non-hydrogen) atoms. The maximum absolute atomic E-state index is 11.7. The molecule has 4 nitrogen and oxygen atoms in total. The Morgan fingerprint density at radius 2 is 2.11 bits per heavy atom. The highest BCUT2D eigenvalue weighted by molar-refractivity contribution is 6.29. The number of hydrogen-bond acceptors (Lipinski definition) is 3. The van der Waals surface area contributed by atoms with Crippen molar-refractivity contribution in [1.29, 1.82) is 0 Å².